The van der Waals surface area contributed by atoms with Gasteiger partial charge in [0.15, 0.2) is 0 Å². The van der Waals surface area contributed by atoms with Gasteiger partial charge in [-0.05, 0) is 86.8 Å². The normalized spacial score (nSPS) is 12.0. The van der Waals surface area contributed by atoms with E-state index in [0.29, 0.717) is 12.2 Å². The van der Waals surface area contributed by atoms with Crippen molar-refractivity contribution < 1.29 is 9.53 Å². The van der Waals surface area contributed by atoms with Crippen molar-refractivity contribution in [1.29, 1.82) is 0 Å². The number of imidazole rings is 1. The number of amides is 1. The second kappa shape index (κ2) is 10.2. The minimum absolute atomic E-state index is 0.119. The molecule has 0 radical (unpaired) electrons. The molecule has 3 aromatic carbocycles. The van der Waals surface area contributed by atoms with Gasteiger partial charge >= 0.3 is 0 Å². The molecule has 4 rings (SSSR count). The van der Waals surface area contributed by atoms with Crippen LogP contribution in [0.25, 0.3) is 11.0 Å². The molecule has 0 spiro atoms. The standard InChI is InChI=1S/C27H28BrN3O2/c1-18-15-19(2)17-23(16-18)33-14-6-13-31-25-8-5-4-7-24(25)30-26(31)20(3)29-27(32)21-9-11-22(28)12-10-21/h4-5,7-12,15-17,20H,6,13-14H2,1-3H3,(H,29,32). The van der Waals surface area contributed by atoms with Gasteiger partial charge in [-0.1, -0.05) is 34.1 Å². The van der Waals surface area contributed by atoms with E-state index in [1.807, 2.05) is 37.3 Å². The average Bonchev–Trinajstić information content (AvgIpc) is 3.15. The zero-order valence-electron chi connectivity index (χ0n) is 19.1. The van der Waals surface area contributed by atoms with E-state index in [2.05, 4.69) is 63.9 Å². The zero-order chi connectivity index (χ0) is 23.4. The van der Waals surface area contributed by atoms with Gasteiger partial charge in [-0.15, -0.1) is 0 Å². The number of halogens is 1. The average molecular weight is 506 g/mol. The van der Waals surface area contributed by atoms with Crippen LogP contribution in [0, 0.1) is 13.8 Å². The number of hydrogen-bond acceptors (Lipinski definition) is 3. The van der Waals surface area contributed by atoms with Gasteiger partial charge in [0.1, 0.15) is 11.6 Å². The quantitative estimate of drug-likeness (QED) is 0.283. The van der Waals surface area contributed by atoms with Crippen molar-refractivity contribution in [2.75, 3.05) is 6.61 Å². The number of rotatable bonds is 8. The van der Waals surface area contributed by atoms with Crippen LogP contribution in [-0.2, 0) is 6.54 Å². The van der Waals surface area contributed by atoms with Crippen molar-refractivity contribution in [2.45, 2.75) is 39.8 Å². The smallest absolute Gasteiger partial charge is 0.251 e. The third-order valence-electron chi connectivity index (χ3n) is 5.52. The third kappa shape index (κ3) is 5.63. The Bertz CT molecular complexity index is 1240. The minimum Gasteiger partial charge on any atom is -0.494 e. The molecule has 4 aromatic rings. The molecule has 1 aromatic heterocycles. The molecule has 1 atom stereocenters. The topological polar surface area (TPSA) is 56.1 Å². The Balaban J connectivity index is 1.47. The van der Waals surface area contributed by atoms with Crippen molar-refractivity contribution >= 4 is 32.9 Å². The minimum atomic E-state index is -0.242. The summed E-state index contributed by atoms with van der Waals surface area (Å²) in [6, 6.07) is 21.4. The maximum Gasteiger partial charge on any atom is 0.251 e. The molecular weight excluding hydrogens is 478 g/mol. The second-order valence-electron chi connectivity index (χ2n) is 8.34. The lowest BCUT2D eigenvalue weighted by atomic mass is 10.1. The molecular formula is C27H28BrN3O2. The summed E-state index contributed by atoms with van der Waals surface area (Å²) >= 11 is 3.41. The highest BCUT2D eigenvalue weighted by Gasteiger charge is 2.19. The van der Waals surface area contributed by atoms with Gasteiger partial charge in [0.2, 0.25) is 0 Å². The predicted molar refractivity (Wildman–Crippen MR) is 136 cm³/mol. The summed E-state index contributed by atoms with van der Waals surface area (Å²) in [4.78, 5) is 17.6. The van der Waals surface area contributed by atoms with Crippen LogP contribution in [0.4, 0.5) is 0 Å². The maximum atomic E-state index is 12.8. The number of carbonyl (C=O) groups excluding carboxylic acids is 1. The maximum absolute atomic E-state index is 12.8. The molecule has 0 saturated carbocycles. The van der Waals surface area contributed by atoms with Crippen molar-refractivity contribution in [3.63, 3.8) is 0 Å². The van der Waals surface area contributed by atoms with Gasteiger partial charge in [0, 0.05) is 16.6 Å². The summed E-state index contributed by atoms with van der Waals surface area (Å²) in [5.74, 6) is 1.62. The first-order valence-corrected chi connectivity index (χ1v) is 11.9. The van der Waals surface area contributed by atoms with E-state index in [0.717, 1.165) is 40.0 Å². The molecule has 1 N–H and O–H groups in total. The molecule has 1 unspecified atom stereocenters. The van der Waals surface area contributed by atoms with E-state index in [1.165, 1.54) is 11.1 Å². The van der Waals surface area contributed by atoms with Crippen LogP contribution in [0.15, 0.2) is 71.2 Å². The molecule has 0 aliphatic carbocycles. The lowest BCUT2D eigenvalue weighted by Gasteiger charge is -2.17. The summed E-state index contributed by atoms with van der Waals surface area (Å²) in [5.41, 5.74) is 5.00. The molecule has 0 bridgehead atoms. The van der Waals surface area contributed by atoms with E-state index in [-0.39, 0.29) is 11.9 Å². The fourth-order valence-electron chi connectivity index (χ4n) is 4.03. The summed E-state index contributed by atoms with van der Waals surface area (Å²) < 4.78 is 9.13. The Hall–Kier alpha value is -3.12. The van der Waals surface area contributed by atoms with Crippen LogP contribution < -0.4 is 10.1 Å². The Morgan fingerprint density at radius 1 is 1.06 bits per heavy atom. The van der Waals surface area contributed by atoms with Gasteiger partial charge in [-0.3, -0.25) is 4.79 Å². The molecule has 0 saturated heterocycles. The molecule has 0 aliphatic heterocycles. The van der Waals surface area contributed by atoms with Crippen molar-refractivity contribution in [3.8, 4) is 5.75 Å². The lowest BCUT2D eigenvalue weighted by molar-refractivity contribution is 0.0937. The number of carbonyl (C=O) groups is 1. The van der Waals surface area contributed by atoms with Gasteiger partial charge < -0.3 is 14.6 Å². The van der Waals surface area contributed by atoms with E-state index in [4.69, 9.17) is 9.72 Å². The highest BCUT2D eigenvalue weighted by atomic mass is 79.9. The molecule has 0 aliphatic rings. The summed E-state index contributed by atoms with van der Waals surface area (Å²) in [7, 11) is 0. The monoisotopic (exact) mass is 505 g/mol. The van der Waals surface area contributed by atoms with E-state index in [1.54, 1.807) is 12.1 Å². The lowest BCUT2D eigenvalue weighted by Crippen LogP contribution is -2.28. The molecule has 1 amide bonds. The Kier molecular flexibility index (Phi) is 7.14. The zero-order valence-corrected chi connectivity index (χ0v) is 20.7. The van der Waals surface area contributed by atoms with Gasteiger partial charge in [0.05, 0.1) is 23.7 Å². The first kappa shape index (κ1) is 23.1. The third-order valence-corrected chi connectivity index (χ3v) is 6.04. The second-order valence-corrected chi connectivity index (χ2v) is 9.25. The number of ether oxygens (including phenoxy) is 1. The number of nitrogens with zero attached hydrogens (tertiary/aromatic N) is 2. The summed E-state index contributed by atoms with van der Waals surface area (Å²) in [5, 5.41) is 3.09. The molecule has 0 fully saturated rings. The molecule has 33 heavy (non-hydrogen) atoms. The van der Waals surface area contributed by atoms with Crippen LogP contribution in [0.5, 0.6) is 5.75 Å². The number of para-hydroxylation sites is 2. The number of aryl methyl sites for hydroxylation is 3. The van der Waals surface area contributed by atoms with Gasteiger partial charge in [0.25, 0.3) is 5.91 Å². The molecule has 170 valence electrons. The van der Waals surface area contributed by atoms with E-state index >= 15 is 0 Å². The van der Waals surface area contributed by atoms with Gasteiger partial charge in [-0.25, -0.2) is 4.98 Å². The SMILES string of the molecule is Cc1cc(C)cc(OCCCn2c(C(C)NC(=O)c3ccc(Br)cc3)nc3ccccc32)c1. The Morgan fingerprint density at radius 2 is 1.76 bits per heavy atom. The predicted octanol–water partition coefficient (Wildman–Crippen LogP) is 6.38. The highest BCUT2D eigenvalue weighted by Crippen LogP contribution is 2.22. The van der Waals surface area contributed by atoms with Crippen molar-refractivity contribution in [3.05, 3.63) is 93.7 Å². The first-order valence-electron chi connectivity index (χ1n) is 11.1. The number of benzene rings is 3. The van der Waals surface area contributed by atoms with Crippen molar-refractivity contribution in [2.24, 2.45) is 0 Å². The van der Waals surface area contributed by atoms with Crippen LogP contribution in [0.3, 0.4) is 0 Å². The van der Waals surface area contributed by atoms with Crippen LogP contribution in [0.2, 0.25) is 0 Å². The Morgan fingerprint density at radius 3 is 2.48 bits per heavy atom. The number of aromatic nitrogens is 2. The summed E-state index contributed by atoms with van der Waals surface area (Å²) in [6.07, 6.45) is 0.827. The largest absolute Gasteiger partial charge is 0.494 e. The van der Waals surface area contributed by atoms with E-state index in [9.17, 15) is 4.79 Å². The fourth-order valence-corrected chi connectivity index (χ4v) is 4.30. The Labute approximate surface area is 202 Å². The molecule has 1 heterocycles. The fraction of sp³-hybridized carbons (Fsp3) is 0.259. The van der Waals surface area contributed by atoms with Gasteiger partial charge in [-0.2, -0.15) is 0 Å². The van der Waals surface area contributed by atoms with Crippen LogP contribution in [-0.4, -0.2) is 22.1 Å². The number of hydrogen-bond donors (Lipinski definition) is 1. The molecule has 6 heteroatoms. The molecule has 5 nitrogen and oxygen atoms in total. The summed E-state index contributed by atoms with van der Waals surface area (Å²) in [6.45, 7) is 7.48. The number of nitrogens with one attached hydrogen (secondary N) is 1. The van der Waals surface area contributed by atoms with Crippen molar-refractivity contribution in [1.82, 2.24) is 14.9 Å². The van der Waals surface area contributed by atoms with Crippen LogP contribution >= 0.6 is 15.9 Å². The van der Waals surface area contributed by atoms with E-state index < -0.39 is 0 Å². The first-order chi connectivity index (χ1) is 15.9. The highest BCUT2D eigenvalue weighted by molar-refractivity contribution is 9.10. The van der Waals surface area contributed by atoms with Crippen LogP contribution in [0.1, 0.15) is 46.7 Å². The number of fused-ring (bicyclic) bond motifs is 1.